The van der Waals surface area contributed by atoms with Gasteiger partial charge in [-0.15, -0.1) is 0 Å². The van der Waals surface area contributed by atoms with Crippen molar-refractivity contribution in [3.63, 3.8) is 0 Å². The number of fused-ring (bicyclic) bond motifs is 4. The fourth-order valence-electron chi connectivity index (χ4n) is 4.48. The largest absolute Gasteiger partial charge is 0.395 e. The molecule has 2 aliphatic rings. The number of carbonyl (C=O) groups excluding carboxylic acids is 3. The Hall–Kier alpha value is -3.29. The highest BCUT2D eigenvalue weighted by molar-refractivity contribution is 6.32. The normalized spacial score (nSPS) is 16.6. The number of hydrogen-bond donors (Lipinski definition) is 1. The van der Waals surface area contributed by atoms with Crippen molar-refractivity contribution in [1.82, 2.24) is 14.2 Å². The zero-order chi connectivity index (χ0) is 20.8. The summed E-state index contributed by atoms with van der Waals surface area (Å²) in [7, 11) is 0. The Balaban J connectivity index is 1.63. The van der Waals surface area contributed by atoms with E-state index in [0.29, 0.717) is 54.9 Å². The number of nitrogens with zero attached hydrogens (tertiary/aromatic N) is 3. The van der Waals surface area contributed by atoms with Crippen LogP contribution >= 0.6 is 0 Å². The molecule has 7 heteroatoms. The maximum atomic E-state index is 13.6. The van der Waals surface area contributed by atoms with Gasteiger partial charge in [0.1, 0.15) is 5.69 Å². The highest BCUT2D eigenvalue weighted by Gasteiger charge is 2.39. The van der Waals surface area contributed by atoms with Gasteiger partial charge in [-0.2, -0.15) is 0 Å². The van der Waals surface area contributed by atoms with E-state index in [1.165, 1.54) is 0 Å². The minimum atomic E-state index is -0.286. The van der Waals surface area contributed by atoms with E-state index in [-0.39, 0.29) is 35.3 Å². The number of rotatable bonds is 3. The van der Waals surface area contributed by atoms with E-state index in [4.69, 9.17) is 5.11 Å². The Morgan fingerprint density at radius 3 is 2.27 bits per heavy atom. The number of ketones is 2. The number of aromatic nitrogens is 1. The number of aliphatic hydroxyl groups is 1. The van der Waals surface area contributed by atoms with E-state index in [2.05, 4.69) is 4.90 Å². The van der Waals surface area contributed by atoms with Crippen LogP contribution in [0.1, 0.15) is 42.3 Å². The van der Waals surface area contributed by atoms with Crippen LogP contribution < -0.4 is 0 Å². The van der Waals surface area contributed by atoms with Crippen LogP contribution in [0.5, 0.6) is 0 Å². The molecule has 2 aromatic heterocycles. The first kappa shape index (κ1) is 18.7. The van der Waals surface area contributed by atoms with Crippen LogP contribution in [0.2, 0.25) is 0 Å². The molecule has 0 atom stereocenters. The lowest BCUT2D eigenvalue weighted by Crippen LogP contribution is -2.49. The quantitative estimate of drug-likeness (QED) is 0.560. The van der Waals surface area contributed by atoms with E-state index in [9.17, 15) is 14.4 Å². The molecule has 30 heavy (non-hydrogen) atoms. The molecule has 0 radical (unpaired) electrons. The SMILES string of the molecule is O=C1c2ccccc2C(=O)c2c1c(C(=O)N1CCN(CCO)CC1)c1ccccn21. The van der Waals surface area contributed by atoms with Crippen molar-refractivity contribution in [2.45, 2.75) is 0 Å². The lowest BCUT2D eigenvalue weighted by atomic mass is 9.86. The summed E-state index contributed by atoms with van der Waals surface area (Å²) in [5.41, 5.74) is 2.04. The van der Waals surface area contributed by atoms with Crippen molar-refractivity contribution in [2.24, 2.45) is 0 Å². The first-order valence-corrected chi connectivity index (χ1v) is 10.1. The molecule has 152 valence electrons. The van der Waals surface area contributed by atoms with Gasteiger partial charge in [-0.25, -0.2) is 0 Å². The summed E-state index contributed by atoms with van der Waals surface area (Å²) in [6, 6.07) is 12.1. The molecule has 0 spiro atoms. The Labute approximate surface area is 173 Å². The second-order valence-electron chi connectivity index (χ2n) is 7.62. The lowest BCUT2D eigenvalue weighted by molar-refractivity contribution is 0.0614. The van der Waals surface area contributed by atoms with E-state index >= 15 is 0 Å². The third-order valence-electron chi connectivity index (χ3n) is 5.99. The van der Waals surface area contributed by atoms with Crippen molar-refractivity contribution in [2.75, 3.05) is 39.3 Å². The average molecular weight is 403 g/mol. The molecule has 0 unspecified atom stereocenters. The van der Waals surface area contributed by atoms with Crippen LogP contribution in [-0.4, -0.2) is 76.1 Å². The summed E-state index contributed by atoms with van der Waals surface area (Å²) in [6.45, 7) is 3.01. The third kappa shape index (κ3) is 2.70. The van der Waals surface area contributed by atoms with Gasteiger partial charge in [0.25, 0.3) is 5.91 Å². The lowest BCUT2D eigenvalue weighted by Gasteiger charge is -2.34. The van der Waals surface area contributed by atoms with Gasteiger partial charge in [0.15, 0.2) is 5.78 Å². The summed E-state index contributed by atoms with van der Waals surface area (Å²) in [5, 5.41) is 9.13. The van der Waals surface area contributed by atoms with Gasteiger partial charge in [-0.3, -0.25) is 19.3 Å². The summed E-state index contributed by atoms with van der Waals surface area (Å²) < 4.78 is 1.67. The van der Waals surface area contributed by atoms with Crippen molar-refractivity contribution < 1.29 is 19.5 Å². The molecule has 1 amide bonds. The Bertz CT molecular complexity index is 1190. The maximum absolute atomic E-state index is 13.6. The van der Waals surface area contributed by atoms with Crippen molar-refractivity contribution >= 4 is 23.0 Å². The molecule has 1 aliphatic heterocycles. The fourth-order valence-corrected chi connectivity index (χ4v) is 4.48. The van der Waals surface area contributed by atoms with Crippen molar-refractivity contribution in [3.8, 4) is 0 Å². The summed E-state index contributed by atoms with van der Waals surface area (Å²) >= 11 is 0. The molecule has 3 aromatic rings. The fraction of sp³-hybridized carbons (Fsp3) is 0.261. The van der Waals surface area contributed by atoms with Crippen LogP contribution in [-0.2, 0) is 0 Å². The number of benzene rings is 1. The van der Waals surface area contributed by atoms with Gasteiger partial charge in [0.2, 0.25) is 5.78 Å². The Morgan fingerprint density at radius 1 is 0.900 bits per heavy atom. The minimum Gasteiger partial charge on any atom is -0.395 e. The average Bonchev–Trinajstić information content (AvgIpc) is 3.13. The molecule has 0 saturated carbocycles. The zero-order valence-corrected chi connectivity index (χ0v) is 16.4. The van der Waals surface area contributed by atoms with Crippen LogP contribution in [0.3, 0.4) is 0 Å². The highest BCUT2D eigenvalue weighted by Crippen LogP contribution is 2.34. The van der Waals surface area contributed by atoms with Crippen molar-refractivity contribution in [1.29, 1.82) is 0 Å². The van der Waals surface area contributed by atoms with Crippen LogP contribution in [0, 0.1) is 0 Å². The number of aliphatic hydroxyl groups excluding tert-OH is 1. The second-order valence-corrected chi connectivity index (χ2v) is 7.62. The highest BCUT2D eigenvalue weighted by atomic mass is 16.3. The number of piperazine rings is 1. The molecule has 1 saturated heterocycles. The number of carbonyl (C=O) groups is 3. The van der Waals surface area contributed by atoms with Gasteiger partial charge < -0.3 is 14.4 Å². The molecular formula is C23H21N3O4. The van der Waals surface area contributed by atoms with Gasteiger partial charge in [-0.05, 0) is 12.1 Å². The third-order valence-corrected chi connectivity index (χ3v) is 5.99. The second kappa shape index (κ2) is 7.19. The van der Waals surface area contributed by atoms with Crippen LogP contribution in [0.4, 0.5) is 0 Å². The number of amides is 1. The van der Waals surface area contributed by atoms with Gasteiger partial charge in [0.05, 0.1) is 23.3 Å². The minimum absolute atomic E-state index is 0.0849. The van der Waals surface area contributed by atoms with Crippen LogP contribution in [0.15, 0.2) is 48.7 Å². The van der Waals surface area contributed by atoms with Gasteiger partial charge in [-0.1, -0.05) is 30.3 Å². The summed E-state index contributed by atoms with van der Waals surface area (Å²) in [6.07, 6.45) is 1.73. The van der Waals surface area contributed by atoms with Gasteiger partial charge >= 0.3 is 0 Å². The smallest absolute Gasteiger partial charge is 0.256 e. The molecule has 1 aromatic carbocycles. The summed E-state index contributed by atoms with van der Waals surface area (Å²) in [4.78, 5) is 44.0. The van der Waals surface area contributed by atoms with E-state index in [0.717, 1.165) is 0 Å². The van der Waals surface area contributed by atoms with E-state index in [1.807, 2.05) is 0 Å². The molecule has 7 nitrogen and oxygen atoms in total. The predicted molar refractivity (Wildman–Crippen MR) is 110 cm³/mol. The van der Waals surface area contributed by atoms with E-state index in [1.54, 1.807) is 58.0 Å². The molecular weight excluding hydrogens is 382 g/mol. The van der Waals surface area contributed by atoms with Gasteiger partial charge in [0, 0.05) is 50.0 Å². The molecule has 0 bridgehead atoms. The van der Waals surface area contributed by atoms with Crippen molar-refractivity contribution in [3.05, 3.63) is 76.6 Å². The number of pyridine rings is 1. The number of β-amino-alcohol motifs (C(OH)–C–C–N with tert-alkyl or cyclic N) is 1. The Kier molecular flexibility index (Phi) is 4.49. The molecule has 1 N–H and O–H groups in total. The monoisotopic (exact) mass is 403 g/mol. The maximum Gasteiger partial charge on any atom is 0.256 e. The molecule has 5 rings (SSSR count). The van der Waals surface area contributed by atoms with Crippen LogP contribution in [0.25, 0.3) is 5.52 Å². The standard InChI is InChI=1S/C23H21N3O4/c27-14-13-24-9-11-25(12-10-24)23(30)18-17-7-3-4-8-26(17)20-19(18)21(28)15-5-1-2-6-16(15)22(20)29/h1-8,27H,9-14H2. The zero-order valence-electron chi connectivity index (χ0n) is 16.4. The molecule has 1 fully saturated rings. The summed E-state index contributed by atoms with van der Waals surface area (Å²) in [5.74, 6) is -0.761. The topological polar surface area (TPSA) is 82.3 Å². The molecule has 1 aliphatic carbocycles. The first-order valence-electron chi connectivity index (χ1n) is 10.1. The predicted octanol–water partition coefficient (Wildman–Crippen LogP) is 1.46. The number of hydrogen-bond acceptors (Lipinski definition) is 5. The van der Waals surface area contributed by atoms with E-state index < -0.39 is 0 Å². The molecule has 3 heterocycles. The first-order chi connectivity index (χ1) is 14.6. The Morgan fingerprint density at radius 2 is 1.57 bits per heavy atom.